The number of piperidine rings is 1. The third kappa shape index (κ3) is 3.55. The van der Waals surface area contributed by atoms with Gasteiger partial charge >= 0.3 is 0 Å². The van der Waals surface area contributed by atoms with E-state index in [1.165, 1.54) is 19.0 Å². The summed E-state index contributed by atoms with van der Waals surface area (Å²) in [5.41, 5.74) is 0.704. The van der Waals surface area contributed by atoms with Crippen LogP contribution in [0.4, 0.5) is 0 Å². The van der Waals surface area contributed by atoms with Gasteiger partial charge in [0.2, 0.25) is 5.91 Å². The van der Waals surface area contributed by atoms with Crippen LogP contribution in [-0.2, 0) is 4.79 Å². The highest BCUT2D eigenvalue weighted by molar-refractivity contribution is 5.91. The lowest BCUT2D eigenvalue weighted by Gasteiger charge is -2.31. The van der Waals surface area contributed by atoms with Crippen molar-refractivity contribution in [3.63, 3.8) is 0 Å². The van der Waals surface area contributed by atoms with Crippen LogP contribution in [-0.4, -0.2) is 48.8 Å². The Balaban J connectivity index is 1.43. The number of pyridine rings is 1. The van der Waals surface area contributed by atoms with Gasteiger partial charge in [0.1, 0.15) is 17.9 Å². The minimum atomic E-state index is -0.0227. The summed E-state index contributed by atoms with van der Waals surface area (Å²) in [6, 6.07) is 2.13. The molecule has 1 saturated carbocycles. The quantitative estimate of drug-likeness (QED) is 0.863. The third-order valence-electron chi connectivity index (χ3n) is 4.80. The van der Waals surface area contributed by atoms with Crippen molar-refractivity contribution in [1.29, 1.82) is 0 Å². The molecule has 1 saturated heterocycles. The Bertz CT molecular complexity index is 796. The molecule has 1 atom stereocenters. The van der Waals surface area contributed by atoms with Crippen LogP contribution in [0.15, 0.2) is 30.9 Å². The molecule has 0 aromatic carbocycles. The molecule has 2 aromatic rings. The molecule has 0 spiro atoms. The fraction of sp³-hybridized carbons (Fsp3) is 0.444. The van der Waals surface area contributed by atoms with Gasteiger partial charge in [-0.15, -0.1) is 10.2 Å². The molecule has 1 unspecified atom stereocenters. The fourth-order valence-electron chi connectivity index (χ4n) is 3.38. The number of hydrogen-bond donors (Lipinski definition) is 1. The van der Waals surface area contributed by atoms with Gasteiger partial charge in [-0.2, -0.15) is 0 Å². The molecule has 1 aliphatic heterocycles. The van der Waals surface area contributed by atoms with Crippen molar-refractivity contribution in [2.24, 2.45) is 0 Å². The van der Waals surface area contributed by atoms with E-state index in [1.54, 1.807) is 24.4 Å². The lowest BCUT2D eigenvalue weighted by molar-refractivity contribution is -0.127. The first-order chi connectivity index (χ1) is 12.2. The summed E-state index contributed by atoms with van der Waals surface area (Å²) >= 11 is 0. The molecule has 25 heavy (non-hydrogen) atoms. The van der Waals surface area contributed by atoms with E-state index >= 15 is 0 Å². The lowest BCUT2D eigenvalue weighted by atomic mass is 9.97. The van der Waals surface area contributed by atoms with E-state index in [0.29, 0.717) is 18.2 Å². The Morgan fingerprint density at radius 3 is 2.96 bits per heavy atom. The molecule has 3 heterocycles. The topological polar surface area (TPSA) is 84.1 Å². The minimum Gasteiger partial charge on any atom is -0.506 e. The summed E-state index contributed by atoms with van der Waals surface area (Å²) in [6.45, 7) is 1.43. The van der Waals surface area contributed by atoms with Crippen LogP contribution in [0.3, 0.4) is 0 Å². The third-order valence-corrected chi connectivity index (χ3v) is 4.80. The van der Waals surface area contributed by atoms with Crippen molar-refractivity contribution in [3.8, 4) is 5.75 Å². The molecule has 4 rings (SSSR count). The molecule has 2 fully saturated rings. The number of likely N-dealkylation sites (tertiary alicyclic amines) is 1. The van der Waals surface area contributed by atoms with Crippen LogP contribution < -0.4 is 0 Å². The van der Waals surface area contributed by atoms with Gasteiger partial charge in [0, 0.05) is 37.3 Å². The zero-order valence-electron chi connectivity index (χ0n) is 14.0. The molecule has 0 radical (unpaired) electrons. The predicted octanol–water partition coefficient (Wildman–Crippen LogP) is 2.13. The second kappa shape index (κ2) is 6.66. The summed E-state index contributed by atoms with van der Waals surface area (Å²) in [5.74, 6) is 1.33. The molecule has 0 bridgehead atoms. The zero-order chi connectivity index (χ0) is 17.2. The largest absolute Gasteiger partial charge is 0.506 e. The lowest BCUT2D eigenvalue weighted by Crippen LogP contribution is -2.38. The van der Waals surface area contributed by atoms with Crippen LogP contribution in [0.1, 0.15) is 49.0 Å². The summed E-state index contributed by atoms with van der Waals surface area (Å²) in [4.78, 5) is 18.3. The van der Waals surface area contributed by atoms with E-state index in [1.807, 2.05) is 11.2 Å². The van der Waals surface area contributed by atoms with E-state index in [-0.39, 0.29) is 17.6 Å². The minimum absolute atomic E-state index is 0.0227. The Morgan fingerprint density at radius 2 is 2.16 bits per heavy atom. The van der Waals surface area contributed by atoms with Gasteiger partial charge < -0.3 is 14.6 Å². The monoisotopic (exact) mass is 339 g/mol. The molecule has 1 N–H and O–H groups in total. The van der Waals surface area contributed by atoms with Gasteiger partial charge in [0.05, 0.1) is 6.20 Å². The maximum absolute atomic E-state index is 12.5. The first kappa shape index (κ1) is 15.8. The van der Waals surface area contributed by atoms with Crippen LogP contribution in [0.2, 0.25) is 0 Å². The summed E-state index contributed by atoms with van der Waals surface area (Å²) in [5, 5.41) is 17.8. The average molecular weight is 339 g/mol. The first-order valence-corrected chi connectivity index (χ1v) is 8.71. The molecular formula is C18H21N5O2. The van der Waals surface area contributed by atoms with Crippen molar-refractivity contribution >= 4 is 12.0 Å². The number of hydrogen-bond acceptors (Lipinski definition) is 5. The van der Waals surface area contributed by atoms with E-state index < -0.39 is 0 Å². The van der Waals surface area contributed by atoms with Gasteiger partial charge in [-0.1, -0.05) is 0 Å². The van der Waals surface area contributed by atoms with E-state index in [4.69, 9.17) is 0 Å². The van der Waals surface area contributed by atoms with Gasteiger partial charge in [0.25, 0.3) is 0 Å². The van der Waals surface area contributed by atoms with Crippen LogP contribution >= 0.6 is 0 Å². The van der Waals surface area contributed by atoms with Crippen molar-refractivity contribution < 1.29 is 9.90 Å². The number of rotatable bonds is 4. The molecule has 2 aliphatic rings. The number of nitrogens with zero attached hydrogens (tertiary/aromatic N) is 5. The number of carbonyl (C=O) groups excluding carboxylic acids is 1. The van der Waals surface area contributed by atoms with Crippen molar-refractivity contribution in [2.45, 2.75) is 37.6 Å². The summed E-state index contributed by atoms with van der Waals surface area (Å²) < 4.78 is 2.19. The molecule has 2 aromatic heterocycles. The van der Waals surface area contributed by atoms with E-state index in [2.05, 4.69) is 19.7 Å². The van der Waals surface area contributed by atoms with Crippen LogP contribution in [0, 0.1) is 0 Å². The fourth-order valence-corrected chi connectivity index (χ4v) is 3.38. The van der Waals surface area contributed by atoms with E-state index in [9.17, 15) is 9.90 Å². The van der Waals surface area contributed by atoms with Gasteiger partial charge in [-0.3, -0.25) is 9.78 Å². The molecule has 130 valence electrons. The maximum Gasteiger partial charge on any atom is 0.246 e. The highest BCUT2D eigenvalue weighted by atomic mass is 16.3. The number of amides is 1. The predicted molar refractivity (Wildman–Crippen MR) is 91.8 cm³/mol. The van der Waals surface area contributed by atoms with Crippen molar-refractivity contribution in [1.82, 2.24) is 24.6 Å². The SMILES string of the molecule is O=C(/C=C/c1cncc(O)c1)N1CCCC(c2nncn2C2CC2)C1. The highest BCUT2D eigenvalue weighted by Crippen LogP contribution is 2.38. The Kier molecular flexibility index (Phi) is 4.21. The molecule has 7 heteroatoms. The second-order valence-corrected chi connectivity index (χ2v) is 6.76. The van der Waals surface area contributed by atoms with Crippen LogP contribution in [0.25, 0.3) is 6.08 Å². The van der Waals surface area contributed by atoms with Crippen LogP contribution in [0.5, 0.6) is 5.75 Å². The van der Waals surface area contributed by atoms with Crippen molar-refractivity contribution in [3.05, 3.63) is 42.3 Å². The molecule has 1 amide bonds. The molecular weight excluding hydrogens is 318 g/mol. The number of carbonyl (C=O) groups is 1. The van der Waals surface area contributed by atoms with E-state index in [0.717, 1.165) is 25.2 Å². The average Bonchev–Trinajstić information content (AvgIpc) is 3.36. The van der Waals surface area contributed by atoms with Gasteiger partial charge in [-0.25, -0.2) is 0 Å². The smallest absolute Gasteiger partial charge is 0.246 e. The maximum atomic E-state index is 12.5. The van der Waals surface area contributed by atoms with Crippen molar-refractivity contribution in [2.75, 3.05) is 13.1 Å². The molecule has 7 nitrogen and oxygen atoms in total. The highest BCUT2D eigenvalue weighted by Gasteiger charge is 2.32. The zero-order valence-corrected chi connectivity index (χ0v) is 14.0. The van der Waals surface area contributed by atoms with Gasteiger partial charge in [0.15, 0.2) is 0 Å². The molecule has 1 aliphatic carbocycles. The number of aromatic hydroxyl groups is 1. The normalized spacial score (nSPS) is 21.0. The Morgan fingerprint density at radius 1 is 1.28 bits per heavy atom. The summed E-state index contributed by atoms with van der Waals surface area (Å²) in [7, 11) is 0. The van der Waals surface area contributed by atoms with Gasteiger partial charge in [-0.05, 0) is 43.4 Å². The second-order valence-electron chi connectivity index (χ2n) is 6.76. The Labute approximate surface area is 146 Å². The Hall–Kier alpha value is -2.70. The summed E-state index contributed by atoms with van der Waals surface area (Å²) in [6.07, 6.45) is 12.4. The number of aromatic nitrogens is 4. The standard InChI is InChI=1S/C18H21N5O2/c24-16-8-13(9-19-10-16)3-6-17(25)22-7-1-2-14(11-22)18-21-20-12-23(18)15-4-5-15/h3,6,8-10,12,14-15,24H,1-2,4-5,7,11H2/b6-3+. The first-order valence-electron chi connectivity index (χ1n) is 8.71.